The molecule has 2 aromatic rings. The number of carbonyl (C=O) groups excluding carboxylic acids is 2. The number of amides is 1. The maximum atomic E-state index is 12.6. The number of Topliss-reactive ketones (excluding diaryl/α,β-unsaturated/α-hetero) is 1. The zero-order valence-corrected chi connectivity index (χ0v) is 13.4. The molecule has 132 valence electrons. The second-order valence-electron chi connectivity index (χ2n) is 5.28. The standard InChI is InChI=1S/C18H16F3NO3/c1-25-15-7-2-4-12(10-15)16(23)8-9-17(24)22-14-6-3-5-13(11-14)18(19,20)21/h2-7,10-11H,8-9H2,1H3,(H,22,24). The molecule has 0 heterocycles. The van der Waals surface area contributed by atoms with Gasteiger partial charge < -0.3 is 10.1 Å². The van der Waals surface area contributed by atoms with Crippen LogP contribution in [0.15, 0.2) is 48.5 Å². The van der Waals surface area contributed by atoms with E-state index in [4.69, 9.17) is 4.74 Å². The number of rotatable bonds is 6. The number of ketones is 1. The molecule has 0 atom stereocenters. The Labute approximate surface area is 142 Å². The van der Waals surface area contributed by atoms with E-state index in [9.17, 15) is 22.8 Å². The lowest BCUT2D eigenvalue weighted by atomic mass is 10.1. The summed E-state index contributed by atoms with van der Waals surface area (Å²) in [4.78, 5) is 23.9. The van der Waals surface area contributed by atoms with Crippen LogP contribution >= 0.6 is 0 Å². The highest BCUT2D eigenvalue weighted by molar-refractivity contribution is 6.00. The predicted molar refractivity (Wildman–Crippen MR) is 86.6 cm³/mol. The van der Waals surface area contributed by atoms with Gasteiger partial charge in [-0.25, -0.2) is 0 Å². The van der Waals surface area contributed by atoms with E-state index in [1.165, 1.54) is 19.2 Å². The molecule has 0 bridgehead atoms. The molecule has 0 spiro atoms. The van der Waals surface area contributed by atoms with Crippen molar-refractivity contribution in [1.82, 2.24) is 0 Å². The van der Waals surface area contributed by atoms with E-state index in [2.05, 4.69) is 5.32 Å². The van der Waals surface area contributed by atoms with Crippen LogP contribution in [0, 0.1) is 0 Å². The van der Waals surface area contributed by atoms with E-state index >= 15 is 0 Å². The van der Waals surface area contributed by atoms with Crippen LogP contribution in [0.5, 0.6) is 5.75 Å². The van der Waals surface area contributed by atoms with Crippen molar-refractivity contribution in [3.8, 4) is 5.75 Å². The van der Waals surface area contributed by atoms with Crippen LogP contribution in [0.1, 0.15) is 28.8 Å². The van der Waals surface area contributed by atoms with Gasteiger partial charge in [-0.2, -0.15) is 13.2 Å². The van der Waals surface area contributed by atoms with E-state index in [1.807, 2.05) is 0 Å². The third-order valence-corrected chi connectivity index (χ3v) is 3.44. The van der Waals surface area contributed by atoms with Gasteiger partial charge >= 0.3 is 6.18 Å². The molecule has 0 aliphatic carbocycles. The van der Waals surface area contributed by atoms with Gasteiger partial charge in [-0.15, -0.1) is 0 Å². The van der Waals surface area contributed by atoms with Gasteiger partial charge in [0.25, 0.3) is 0 Å². The van der Waals surface area contributed by atoms with E-state index in [1.54, 1.807) is 24.3 Å². The van der Waals surface area contributed by atoms with E-state index in [0.717, 1.165) is 12.1 Å². The molecule has 7 heteroatoms. The minimum absolute atomic E-state index is 0.0358. The van der Waals surface area contributed by atoms with Crippen molar-refractivity contribution in [3.63, 3.8) is 0 Å². The fourth-order valence-corrected chi connectivity index (χ4v) is 2.16. The number of nitrogens with one attached hydrogen (secondary N) is 1. The average molecular weight is 351 g/mol. The molecular formula is C18H16F3NO3. The summed E-state index contributed by atoms with van der Waals surface area (Å²) < 4.78 is 42.9. The summed E-state index contributed by atoms with van der Waals surface area (Å²) in [6, 6.07) is 10.9. The molecule has 1 amide bonds. The predicted octanol–water partition coefficient (Wildman–Crippen LogP) is 4.32. The highest BCUT2D eigenvalue weighted by Crippen LogP contribution is 2.30. The van der Waals surface area contributed by atoms with Crippen LogP contribution in [0.2, 0.25) is 0 Å². The molecule has 4 nitrogen and oxygen atoms in total. The van der Waals surface area contributed by atoms with Crippen LogP contribution in [0.25, 0.3) is 0 Å². The molecule has 0 fully saturated rings. The van der Waals surface area contributed by atoms with Crippen molar-refractivity contribution < 1.29 is 27.5 Å². The third-order valence-electron chi connectivity index (χ3n) is 3.44. The Morgan fingerprint density at radius 3 is 2.44 bits per heavy atom. The quantitative estimate of drug-likeness (QED) is 0.789. The second kappa shape index (κ2) is 7.83. The van der Waals surface area contributed by atoms with E-state index in [0.29, 0.717) is 11.3 Å². The topological polar surface area (TPSA) is 55.4 Å². The van der Waals surface area contributed by atoms with Crippen molar-refractivity contribution >= 4 is 17.4 Å². The van der Waals surface area contributed by atoms with Gasteiger partial charge in [0, 0.05) is 24.1 Å². The lowest BCUT2D eigenvalue weighted by molar-refractivity contribution is -0.137. The number of alkyl halides is 3. The van der Waals surface area contributed by atoms with Crippen LogP contribution in [0.3, 0.4) is 0 Å². The van der Waals surface area contributed by atoms with Crippen molar-refractivity contribution in [2.24, 2.45) is 0 Å². The molecule has 2 rings (SSSR count). The normalized spacial score (nSPS) is 11.0. The lowest BCUT2D eigenvalue weighted by Crippen LogP contribution is -2.14. The Morgan fingerprint density at radius 1 is 1.04 bits per heavy atom. The molecule has 1 N–H and O–H groups in total. The molecule has 25 heavy (non-hydrogen) atoms. The Hall–Kier alpha value is -2.83. The number of hydrogen-bond donors (Lipinski definition) is 1. The lowest BCUT2D eigenvalue weighted by Gasteiger charge is -2.10. The summed E-state index contributed by atoms with van der Waals surface area (Å²) in [6.45, 7) is 0. The molecule has 0 aliphatic rings. The van der Waals surface area contributed by atoms with Gasteiger partial charge in [-0.3, -0.25) is 9.59 Å². The van der Waals surface area contributed by atoms with Gasteiger partial charge in [0.15, 0.2) is 5.78 Å². The molecule has 0 unspecified atom stereocenters. The molecule has 0 aliphatic heterocycles. The van der Waals surface area contributed by atoms with E-state index in [-0.39, 0.29) is 24.3 Å². The fourth-order valence-electron chi connectivity index (χ4n) is 2.16. The first kappa shape index (κ1) is 18.5. The van der Waals surface area contributed by atoms with Gasteiger partial charge in [-0.05, 0) is 30.3 Å². The first-order chi connectivity index (χ1) is 11.8. The van der Waals surface area contributed by atoms with Crippen LogP contribution in [0.4, 0.5) is 18.9 Å². The third kappa shape index (κ3) is 5.34. The van der Waals surface area contributed by atoms with Crippen molar-refractivity contribution in [2.45, 2.75) is 19.0 Å². The molecule has 0 saturated heterocycles. The Kier molecular flexibility index (Phi) is 5.80. The number of anilines is 1. The molecule has 0 radical (unpaired) electrons. The maximum Gasteiger partial charge on any atom is 0.416 e. The van der Waals surface area contributed by atoms with Crippen LogP contribution in [-0.4, -0.2) is 18.8 Å². The van der Waals surface area contributed by atoms with Crippen molar-refractivity contribution in [2.75, 3.05) is 12.4 Å². The van der Waals surface area contributed by atoms with E-state index < -0.39 is 17.6 Å². The molecule has 2 aromatic carbocycles. The summed E-state index contributed by atoms with van der Waals surface area (Å²) in [5, 5.41) is 2.37. The number of ether oxygens (including phenoxy) is 1. The minimum atomic E-state index is -4.48. The zero-order valence-electron chi connectivity index (χ0n) is 13.4. The van der Waals surface area contributed by atoms with Gasteiger partial charge in [0.2, 0.25) is 5.91 Å². The first-order valence-corrected chi connectivity index (χ1v) is 7.44. The minimum Gasteiger partial charge on any atom is -0.497 e. The number of carbonyl (C=O) groups is 2. The SMILES string of the molecule is COc1cccc(C(=O)CCC(=O)Nc2cccc(C(F)(F)F)c2)c1. The molecule has 0 aromatic heterocycles. The smallest absolute Gasteiger partial charge is 0.416 e. The maximum absolute atomic E-state index is 12.6. The Morgan fingerprint density at radius 2 is 1.76 bits per heavy atom. The highest BCUT2D eigenvalue weighted by Gasteiger charge is 2.30. The van der Waals surface area contributed by atoms with Gasteiger partial charge in [0.1, 0.15) is 5.75 Å². The van der Waals surface area contributed by atoms with Gasteiger partial charge in [0.05, 0.1) is 12.7 Å². The van der Waals surface area contributed by atoms with Crippen LogP contribution < -0.4 is 10.1 Å². The summed E-state index contributed by atoms with van der Waals surface area (Å²) in [5.41, 5.74) is -0.405. The monoisotopic (exact) mass is 351 g/mol. The number of halogens is 3. The second-order valence-corrected chi connectivity index (χ2v) is 5.28. The summed E-state index contributed by atoms with van der Waals surface area (Å²) in [6.07, 6.45) is -4.67. The number of benzene rings is 2. The Bertz CT molecular complexity index is 772. The summed E-state index contributed by atoms with van der Waals surface area (Å²) >= 11 is 0. The Balaban J connectivity index is 1.93. The first-order valence-electron chi connectivity index (χ1n) is 7.44. The molecular weight excluding hydrogens is 335 g/mol. The van der Waals surface area contributed by atoms with Gasteiger partial charge in [-0.1, -0.05) is 18.2 Å². The molecule has 0 saturated carbocycles. The average Bonchev–Trinajstić information content (AvgIpc) is 2.59. The summed E-state index contributed by atoms with van der Waals surface area (Å²) in [7, 11) is 1.48. The van der Waals surface area contributed by atoms with Crippen LogP contribution in [-0.2, 0) is 11.0 Å². The summed E-state index contributed by atoms with van der Waals surface area (Å²) in [5.74, 6) is -0.257. The zero-order chi connectivity index (χ0) is 18.4. The fraction of sp³-hybridized carbons (Fsp3) is 0.222. The largest absolute Gasteiger partial charge is 0.497 e. The van der Waals surface area contributed by atoms with Crippen molar-refractivity contribution in [1.29, 1.82) is 0 Å². The number of hydrogen-bond acceptors (Lipinski definition) is 3. The van der Waals surface area contributed by atoms with Crippen molar-refractivity contribution in [3.05, 3.63) is 59.7 Å². The highest BCUT2D eigenvalue weighted by atomic mass is 19.4. The number of methoxy groups -OCH3 is 1.